The minimum Gasteiger partial charge on any atom is -0.496 e. The Balaban J connectivity index is 1.69. The van der Waals surface area contributed by atoms with Crippen LogP contribution in [0.1, 0.15) is 24.0 Å². The summed E-state index contributed by atoms with van der Waals surface area (Å²) in [6, 6.07) is 7.86. The first-order chi connectivity index (χ1) is 8.86. The molecule has 0 unspecified atom stereocenters. The summed E-state index contributed by atoms with van der Waals surface area (Å²) in [4.78, 5) is 0. The largest absolute Gasteiger partial charge is 0.496 e. The van der Waals surface area contributed by atoms with Crippen molar-refractivity contribution in [2.75, 3.05) is 18.6 Å². The second-order valence-electron chi connectivity index (χ2n) is 5.26. The highest BCUT2D eigenvalue weighted by atomic mass is 32.2. The van der Waals surface area contributed by atoms with E-state index in [9.17, 15) is 0 Å². The van der Waals surface area contributed by atoms with Gasteiger partial charge in [0.05, 0.1) is 7.11 Å². The molecule has 1 N–H and O–H groups in total. The van der Waals surface area contributed by atoms with Gasteiger partial charge in [0.15, 0.2) is 0 Å². The van der Waals surface area contributed by atoms with E-state index in [1.165, 1.54) is 35.5 Å². The van der Waals surface area contributed by atoms with E-state index in [2.05, 4.69) is 35.3 Å². The Morgan fingerprint density at radius 3 is 3.00 bits per heavy atom. The van der Waals surface area contributed by atoms with Gasteiger partial charge in [-0.05, 0) is 48.6 Å². The normalized spacial score (nSPS) is 26.9. The van der Waals surface area contributed by atoms with Crippen molar-refractivity contribution in [2.45, 2.75) is 37.8 Å². The van der Waals surface area contributed by atoms with Crippen LogP contribution in [0.3, 0.4) is 0 Å². The van der Waals surface area contributed by atoms with E-state index in [1.54, 1.807) is 7.11 Å². The van der Waals surface area contributed by atoms with Gasteiger partial charge in [-0.2, -0.15) is 11.8 Å². The van der Waals surface area contributed by atoms with Crippen LogP contribution in [0.15, 0.2) is 18.2 Å². The molecule has 1 aromatic carbocycles. The molecule has 1 aliphatic carbocycles. The summed E-state index contributed by atoms with van der Waals surface area (Å²) in [6.07, 6.45) is 4.89. The van der Waals surface area contributed by atoms with Crippen LogP contribution in [0.5, 0.6) is 5.75 Å². The van der Waals surface area contributed by atoms with Gasteiger partial charge in [0.1, 0.15) is 5.75 Å². The van der Waals surface area contributed by atoms with E-state index < -0.39 is 0 Å². The Kier molecular flexibility index (Phi) is 3.80. The summed E-state index contributed by atoms with van der Waals surface area (Å²) in [5.41, 5.74) is 2.91. The molecule has 1 fully saturated rings. The standard InChI is InChI=1S/C15H21NOS/c1-17-15-4-2-3-11-9-12(5-6-14(11)15)16-13-7-8-18-10-13/h2-4,12-13,16H,5-10H2,1H3/t12-,13-/m1/s1. The maximum Gasteiger partial charge on any atom is 0.122 e. The van der Waals surface area contributed by atoms with Gasteiger partial charge in [0, 0.05) is 17.8 Å². The Hall–Kier alpha value is -0.670. The van der Waals surface area contributed by atoms with Crippen LogP contribution in [0.25, 0.3) is 0 Å². The van der Waals surface area contributed by atoms with Crippen LogP contribution in [0.4, 0.5) is 0 Å². The minimum absolute atomic E-state index is 0.660. The van der Waals surface area contributed by atoms with Crippen LogP contribution < -0.4 is 10.1 Å². The molecule has 0 bridgehead atoms. The fourth-order valence-electron chi connectivity index (χ4n) is 3.10. The van der Waals surface area contributed by atoms with E-state index in [4.69, 9.17) is 4.74 Å². The van der Waals surface area contributed by atoms with E-state index in [1.807, 2.05) is 0 Å². The number of hydrogen-bond acceptors (Lipinski definition) is 3. The molecule has 98 valence electrons. The van der Waals surface area contributed by atoms with Crippen LogP contribution in [-0.2, 0) is 12.8 Å². The summed E-state index contributed by atoms with van der Waals surface area (Å²) in [5, 5.41) is 3.83. The van der Waals surface area contributed by atoms with Gasteiger partial charge in [0.25, 0.3) is 0 Å². The Bertz CT molecular complexity index is 415. The molecule has 0 saturated carbocycles. The third-order valence-corrected chi connectivity index (χ3v) is 5.22. The van der Waals surface area contributed by atoms with Crippen LogP contribution in [-0.4, -0.2) is 30.7 Å². The van der Waals surface area contributed by atoms with E-state index in [0.717, 1.165) is 24.6 Å². The second kappa shape index (κ2) is 5.54. The molecule has 18 heavy (non-hydrogen) atoms. The lowest BCUT2D eigenvalue weighted by molar-refractivity contribution is 0.385. The SMILES string of the molecule is COc1cccc2c1CC[C@@H](N[C@@H]1CCSC1)C2. The number of hydrogen-bond donors (Lipinski definition) is 1. The number of nitrogens with one attached hydrogen (secondary N) is 1. The predicted octanol–water partition coefficient (Wildman–Crippen LogP) is 2.65. The van der Waals surface area contributed by atoms with Crippen molar-refractivity contribution in [1.82, 2.24) is 5.32 Å². The van der Waals surface area contributed by atoms with Crippen molar-refractivity contribution >= 4 is 11.8 Å². The van der Waals surface area contributed by atoms with Gasteiger partial charge in [-0.1, -0.05) is 12.1 Å². The zero-order valence-electron chi connectivity index (χ0n) is 10.9. The van der Waals surface area contributed by atoms with E-state index in [0.29, 0.717) is 6.04 Å². The highest BCUT2D eigenvalue weighted by Crippen LogP contribution is 2.30. The predicted molar refractivity (Wildman–Crippen MR) is 77.7 cm³/mol. The lowest BCUT2D eigenvalue weighted by Gasteiger charge is -2.29. The molecule has 1 aromatic rings. The van der Waals surface area contributed by atoms with Gasteiger partial charge >= 0.3 is 0 Å². The molecule has 1 heterocycles. The van der Waals surface area contributed by atoms with E-state index >= 15 is 0 Å². The molecule has 2 aliphatic rings. The Labute approximate surface area is 113 Å². The van der Waals surface area contributed by atoms with Gasteiger partial charge < -0.3 is 10.1 Å². The highest BCUT2D eigenvalue weighted by Gasteiger charge is 2.24. The molecule has 0 aromatic heterocycles. The topological polar surface area (TPSA) is 21.3 Å². The molecule has 2 nitrogen and oxygen atoms in total. The lowest BCUT2D eigenvalue weighted by atomic mass is 9.87. The quantitative estimate of drug-likeness (QED) is 0.906. The van der Waals surface area contributed by atoms with Gasteiger partial charge in [0.2, 0.25) is 0 Å². The molecule has 1 saturated heterocycles. The van der Waals surface area contributed by atoms with Crippen LogP contribution >= 0.6 is 11.8 Å². The number of methoxy groups -OCH3 is 1. The zero-order valence-corrected chi connectivity index (χ0v) is 11.8. The molecule has 0 radical (unpaired) electrons. The third kappa shape index (κ3) is 2.52. The maximum atomic E-state index is 5.46. The summed E-state index contributed by atoms with van der Waals surface area (Å²) in [7, 11) is 1.77. The molecule has 1 aliphatic heterocycles. The van der Waals surface area contributed by atoms with Crippen LogP contribution in [0.2, 0.25) is 0 Å². The average Bonchev–Trinajstić information content (AvgIpc) is 2.90. The lowest BCUT2D eigenvalue weighted by Crippen LogP contribution is -2.41. The van der Waals surface area contributed by atoms with Gasteiger partial charge in [-0.15, -0.1) is 0 Å². The second-order valence-corrected chi connectivity index (χ2v) is 6.41. The Morgan fingerprint density at radius 1 is 1.28 bits per heavy atom. The van der Waals surface area contributed by atoms with Crippen molar-refractivity contribution < 1.29 is 4.74 Å². The van der Waals surface area contributed by atoms with Crippen LogP contribution in [0, 0.1) is 0 Å². The number of fused-ring (bicyclic) bond motifs is 1. The molecular weight excluding hydrogens is 242 g/mol. The van der Waals surface area contributed by atoms with Crippen molar-refractivity contribution in [3.05, 3.63) is 29.3 Å². The number of rotatable bonds is 3. The van der Waals surface area contributed by atoms with Gasteiger partial charge in [-0.3, -0.25) is 0 Å². The average molecular weight is 263 g/mol. The molecule has 3 heteroatoms. The fourth-order valence-corrected chi connectivity index (χ4v) is 4.27. The first-order valence-corrected chi connectivity index (χ1v) is 8.01. The third-order valence-electron chi connectivity index (χ3n) is 4.06. The molecule has 2 atom stereocenters. The summed E-state index contributed by atoms with van der Waals surface area (Å²) < 4.78 is 5.46. The minimum atomic E-state index is 0.660. The molecule has 0 spiro atoms. The van der Waals surface area contributed by atoms with Crippen molar-refractivity contribution in [3.63, 3.8) is 0 Å². The monoisotopic (exact) mass is 263 g/mol. The molecular formula is C15H21NOS. The zero-order chi connectivity index (χ0) is 12.4. The number of benzene rings is 1. The summed E-state index contributed by atoms with van der Waals surface area (Å²) >= 11 is 2.08. The highest BCUT2D eigenvalue weighted by molar-refractivity contribution is 7.99. The van der Waals surface area contributed by atoms with Crippen molar-refractivity contribution in [1.29, 1.82) is 0 Å². The van der Waals surface area contributed by atoms with E-state index in [-0.39, 0.29) is 0 Å². The maximum absolute atomic E-state index is 5.46. The van der Waals surface area contributed by atoms with Crippen molar-refractivity contribution in [3.8, 4) is 5.75 Å². The Morgan fingerprint density at radius 2 is 2.22 bits per heavy atom. The summed E-state index contributed by atoms with van der Waals surface area (Å²) in [6.45, 7) is 0. The summed E-state index contributed by atoms with van der Waals surface area (Å²) in [5.74, 6) is 3.69. The number of thioether (sulfide) groups is 1. The molecule has 0 amide bonds. The smallest absolute Gasteiger partial charge is 0.122 e. The van der Waals surface area contributed by atoms with Crippen molar-refractivity contribution in [2.24, 2.45) is 0 Å². The molecule has 3 rings (SSSR count). The number of ether oxygens (including phenoxy) is 1. The van der Waals surface area contributed by atoms with Gasteiger partial charge in [-0.25, -0.2) is 0 Å². The first-order valence-electron chi connectivity index (χ1n) is 6.85. The fraction of sp³-hybridized carbons (Fsp3) is 0.600. The first kappa shape index (κ1) is 12.4.